The first-order valence-electron chi connectivity index (χ1n) is 7.88. The van der Waals surface area contributed by atoms with Gasteiger partial charge in [-0.2, -0.15) is 11.8 Å². The van der Waals surface area contributed by atoms with E-state index in [4.69, 9.17) is 0 Å². The SMILES string of the molecule is CCCNC(C)c1cc(F)c(C)cc1N(C)C1CCSC1. The number of nitrogens with one attached hydrogen (secondary N) is 1. The molecule has 21 heavy (non-hydrogen) atoms. The molecule has 1 aromatic rings. The summed E-state index contributed by atoms with van der Waals surface area (Å²) in [7, 11) is 2.15. The molecule has 0 radical (unpaired) electrons. The zero-order chi connectivity index (χ0) is 15.4. The van der Waals surface area contributed by atoms with Crippen molar-refractivity contribution in [3.63, 3.8) is 0 Å². The molecule has 0 bridgehead atoms. The molecule has 1 aliphatic heterocycles. The molecule has 0 saturated carbocycles. The predicted octanol–water partition coefficient (Wildman–Crippen LogP) is 4.14. The fourth-order valence-corrected chi connectivity index (χ4v) is 4.10. The van der Waals surface area contributed by atoms with Crippen LogP contribution in [-0.4, -0.2) is 31.1 Å². The van der Waals surface area contributed by atoms with E-state index in [1.165, 1.54) is 23.6 Å². The van der Waals surface area contributed by atoms with Crippen LogP contribution in [-0.2, 0) is 0 Å². The molecule has 1 heterocycles. The summed E-state index contributed by atoms with van der Waals surface area (Å²) >= 11 is 2.01. The lowest BCUT2D eigenvalue weighted by atomic mass is 10.0. The minimum atomic E-state index is -0.104. The number of aryl methyl sites for hydroxylation is 1. The molecule has 1 fully saturated rings. The van der Waals surface area contributed by atoms with Crippen molar-refractivity contribution in [1.82, 2.24) is 5.32 Å². The average molecular weight is 310 g/mol. The van der Waals surface area contributed by atoms with Crippen LogP contribution in [0.4, 0.5) is 10.1 Å². The largest absolute Gasteiger partial charge is 0.370 e. The topological polar surface area (TPSA) is 15.3 Å². The minimum absolute atomic E-state index is 0.104. The van der Waals surface area contributed by atoms with Crippen molar-refractivity contribution in [2.24, 2.45) is 0 Å². The predicted molar refractivity (Wildman–Crippen MR) is 92.0 cm³/mol. The van der Waals surface area contributed by atoms with Crippen molar-refractivity contribution >= 4 is 17.4 Å². The van der Waals surface area contributed by atoms with Crippen LogP contribution < -0.4 is 10.2 Å². The summed E-state index contributed by atoms with van der Waals surface area (Å²) in [6.45, 7) is 7.09. The first-order chi connectivity index (χ1) is 10.0. The summed E-state index contributed by atoms with van der Waals surface area (Å²) < 4.78 is 14.0. The molecular weight excluding hydrogens is 283 g/mol. The van der Waals surface area contributed by atoms with Gasteiger partial charge in [0.2, 0.25) is 0 Å². The molecule has 0 aromatic heterocycles. The average Bonchev–Trinajstić information content (AvgIpc) is 3.00. The lowest BCUT2D eigenvalue weighted by molar-refractivity contribution is 0.557. The fourth-order valence-electron chi connectivity index (χ4n) is 2.83. The molecule has 0 aliphatic carbocycles. The number of thioether (sulfide) groups is 1. The monoisotopic (exact) mass is 310 g/mol. The van der Waals surface area contributed by atoms with E-state index in [2.05, 4.69) is 31.1 Å². The van der Waals surface area contributed by atoms with E-state index in [0.29, 0.717) is 6.04 Å². The third-order valence-electron chi connectivity index (χ3n) is 4.31. The van der Waals surface area contributed by atoms with Gasteiger partial charge in [0, 0.05) is 30.6 Å². The number of nitrogens with zero attached hydrogens (tertiary/aromatic N) is 1. The number of hydrogen-bond donors (Lipinski definition) is 1. The van der Waals surface area contributed by atoms with Gasteiger partial charge in [-0.1, -0.05) is 6.92 Å². The molecule has 2 rings (SSSR count). The van der Waals surface area contributed by atoms with Gasteiger partial charge < -0.3 is 10.2 Å². The highest BCUT2D eigenvalue weighted by Gasteiger charge is 2.24. The highest BCUT2D eigenvalue weighted by molar-refractivity contribution is 7.99. The van der Waals surface area contributed by atoms with Gasteiger partial charge in [0.05, 0.1) is 0 Å². The van der Waals surface area contributed by atoms with Gasteiger partial charge in [-0.05, 0) is 62.2 Å². The Bertz CT molecular complexity index is 472. The molecule has 2 nitrogen and oxygen atoms in total. The van der Waals surface area contributed by atoms with Crippen LogP contribution in [0.15, 0.2) is 12.1 Å². The number of hydrogen-bond acceptors (Lipinski definition) is 3. The highest BCUT2D eigenvalue weighted by Crippen LogP contribution is 2.33. The fraction of sp³-hybridized carbons (Fsp3) is 0.647. The lowest BCUT2D eigenvalue weighted by Gasteiger charge is -2.30. The third kappa shape index (κ3) is 3.92. The van der Waals surface area contributed by atoms with Gasteiger partial charge in [-0.15, -0.1) is 0 Å². The van der Waals surface area contributed by atoms with Crippen LogP contribution in [0.1, 0.15) is 43.9 Å². The molecule has 118 valence electrons. The number of rotatable bonds is 6. The molecule has 0 amide bonds. The van der Waals surface area contributed by atoms with E-state index >= 15 is 0 Å². The van der Waals surface area contributed by atoms with Crippen molar-refractivity contribution in [3.05, 3.63) is 29.1 Å². The minimum Gasteiger partial charge on any atom is -0.370 e. The van der Waals surface area contributed by atoms with Gasteiger partial charge in [-0.25, -0.2) is 4.39 Å². The second kappa shape index (κ2) is 7.50. The molecular formula is C17H27FN2S. The quantitative estimate of drug-likeness (QED) is 0.850. The van der Waals surface area contributed by atoms with Crippen LogP contribution in [0.3, 0.4) is 0 Å². The van der Waals surface area contributed by atoms with Gasteiger partial charge in [0.1, 0.15) is 5.82 Å². The Labute approximate surface area is 132 Å². The number of benzene rings is 1. The summed E-state index contributed by atoms with van der Waals surface area (Å²) in [6.07, 6.45) is 2.30. The van der Waals surface area contributed by atoms with E-state index in [0.717, 1.165) is 24.1 Å². The molecule has 2 atom stereocenters. The molecule has 1 aromatic carbocycles. The van der Waals surface area contributed by atoms with Crippen LogP contribution >= 0.6 is 11.8 Å². The Morgan fingerprint density at radius 1 is 1.48 bits per heavy atom. The van der Waals surface area contributed by atoms with Crippen molar-refractivity contribution in [2.45, 2.75) is 45.7 Å². The zero-order valence-electron chi connectivity index (χ0n) is 13.6. The summed E-state index contributed by atoms with van der Waals surface area (Å²) in [4.78, 5) is 2.35. The van der Waals surface area contributed by atoms with E-state index < -0.39 is 0 Å². The third-order valence-corrected chi connectivity index (χ3v) is 5.45. The van der Waals surface area contributed by atoms with Gasteiger partial charge in [0.15, 0.2) is 0 Å². The Balaban J connectivity index is 2.30. The zero-order valence-corrected chi connectivity index (χ0v) is 14.4. The van der Waals surface area contributed by atoms with Crippen molar-refractivity contribution in [3.8, 4) is 0 Å². The van der Waals surface area contributed by atoms with Gasteiger partial charge >= 0.3 is 0 Å². The van der Waals surface area contributed by atoms with Crippen LogP contribution in [0.5, 0.6) is 0 Å². The Kier molecular flexibility index (Phi) is 5.94. The maximum atomic E-state index is 14.0. The van der Waals surface area contributed by atoms with Crippen LogP contribution in [0.25, 0.3) is 0 Å². The lowest BCUT2D eigenvalue weighted by Crippen LogP contribution is -2.33. The maximum Gasteiger partial charge on any atom is 0.126 e. The normalized spacial score (nSPS) is 19.8. The van der Waals surface area contributed by atoms with Gasteiger partial charge in [0.25, 0.3) is 0 Å². The van der Waals surface area contributed by atoms with E-state index in [1.807, 2.05) is 24.8 Å². The summed E-state index contributed by atoms with van der Waals surface area (Å²) in [5.41, 5.74) is 2.98. The molecule has 2 unspecified atom stereocenters. The second-order valence-electron chi connectivity index (χ2n) is 5.96. The molecule has 0 spiro atoms. The van der Waals surface area contributed by atoms with Crippen molar-refractivity contribution in [1.29, 1.82) is 0 Å². The van der Waals surface area contributed by atoms with E-state index in [1.54, 1.807) is 6.07 Å². The standard InChI is InChI=1S/C17H27FN2S/c1-5-7-19-13(3)15-10-16(18)12(2)9-17(15)20(4)14-6-8-21-11-14/h9-10,13-14,19H,5-8,11H2,1-4H3. The summed E-state index contributed by atoms with van der Waals surface area (Å²) in [5.74, 6) is 2.30. The molecule has 4 heteroatoms. The molecule has 1 saturated heterocycles. The number of anilines is 1. The Morgan fingerprint density at radius 2 is 2.24 bits per heavy atom. The smallest absolute Gasteiger partial charge is 0.126 e. The Hall–Kier alpha value is -0.740. The van der Waals surface area contributed by atoms with Crippen molar-refractivity contribution < 1.29 is 4.39 Å². The summed E-state index contributed by atoms with van der Waals surface area (Å²) in [6, 6.07) is 4.47. The molecule has 1 aliphatic rings. The van der Waals surface area contributed by atoms with E-state index in [9.17, 15) is 4.39 Å². The Morgan fingerprint density at radius 3 is 2.86 bits per heavy atom. The van der Waals surface area contributed by atoms with Crippen LogP contribution in [0.2, 0.25) is 0 Å². The van der Waals surface area contributed by atoms with Gasteiger partial charge in [-0.3, -0.25) is 0 Å². The second-order valence-corrected chi connectivity index (χ2v) is 7.11. The highest BCUT2D eigenvalue weighted by atomic mass is 32.2. The molecule has 1 N–H and O–H groups in total. The maximum absolute atomic E-state index is 14.0. The van der Waals surface area contributed by atoms with Crippen LogP contribution in [0, 0.1) is 12.7 Å². The number of halogens is 1. The van der Waals surface area contributed by atoms with Crippen molar-refractivity contribution in [2.75, 3.05) is 30.0 Å². The summed E-state index contributed by atoms with van der Waals surface area (Å²) in [5, 5.41) is 3.48. The first-order valence-corrected chi connectivity index (χ1v) is 9.04. The first kappa shape index (κ1) is 16.6. The van der Waals surface area contributed by atoms with E-state index in [-0.39, 0.29) is 11.9 Å².